The van der Waals surface area contributed by atoms with Gasteiger partial charge in [-0.25, -0.2) is 0 Å². The molecule has 1 fully saturated rings. The summed E-state index contributed by atoms with van der Waals surface area (Å²) in [5, 5.41) is 2.84. The molecule has 2 rings (SSSR count). The van der Waals surface area contributed by atoms with Crippen molar-refractivity contribution in [3.8, 4) is 0 Å². The standard InChI is InChI=1S/C11H14BrN3O/c1-7-11(16)14-4-5-15(7)10-3-2-8(13)6-9(10)12/h2-3,6-7H,4-5,13H2,1H3,(H,14,16). The van der Waals surface area contributed by atoms with Crippen molar-refractivity contribution in [1.29, 1.82) is 0 Å². The van der Waals surface area contributed by atoms with Gasteiger partial charge in [-0.3, -0.25) is 4.79 Å². The minimum atomic E-state index is -0.145. The van der Waals surface area contributed by atoms with E-state index in [1.165, 1.54) is 0 Å². The molecule has 0 bridgehead atoms. The van der Waals surface area contributed by atoms with Crippen LogP contribution in [0.3, 0.4) is 0 Å². The number of anilines is 2. The maximum atomic E-state index is 11.6. The minimum Gasteiger partial charge on any atom is -0.399 e. The maximum absolute atomic E-state index is 11.6. The number of hydrogen-bond donors (Lipinski definition) is 2. The van der Waals surface area contributed by atoms with Crippen LogP contribution < -0.4 is 16.0 Å². The van der Waals surface area contributed by atoms with E-state index in [0.717, 1.165) is 16.7 Å². The number of halogens is 1. The molecule has 0 spiro atoms. The Hall–Kier alpha value is -1.23. The van der Waals surface area contributed by atoms with Crippen LogP contribution in [0, 0.1) is 0 Å². The maximum Gasteiger partial charge on any atom is 0.242 e. The number of piperazine rings is 1. The molecule has 86 valence electrons. The number of nitrogens with two attached hydrogens (primary N) is 1. The van der Waals surface area contributed by atoms with Crippen molar-refractivity contribution < 1.29 is 4.79 Å². The zero-order chi connectivity index (χ0) is 11.7. The van der Waals surface area contributed by atoms with Crippen LogP contribution in [0.25, 0.3) is 0 Å². The van der Waals surface area contributed by atoms with Gasteiger partial charge >= 0.3 is 0 Å². The SMILES string of the molecule is CC1C(=O)NCCN1c1ccc(N)cc1Br. The Bertz CT molecular complexity index is 422. The fraction of sp³-hybridized carbons (Fsp3) is 0.364. The second-order valence-electron chi connectivity index (χ2n) is 3.87. The summed E-state index contributed by atoms with van der Waals surface area (Å²) in [6.07, 6.45) is 0. The van der Waals surface area contributed by atoms with Crippen molar-refractivity contribution in [2.45, 2.75) is 13.0 Å². The molecule has 0 saturated carbocycles. The van der Waals surface area contributed by atoms with Gasteiger partial charge in [0.15, 0.2) is 0 Å². The smallest absolute Gasteiger partial charge is 0.242 e. The Balaban J connectivity index is 2.32. The van der Waals surface area contributed by atoms with Crippen molar-refractivity contribution in [3.05, 3.63) is 22.7 Å². The van der Waals surface area contributed by atoms with E-state index in [0.29, 0.717) is 12.2 Å². The topological polar surface area (TPSA) is 58.4 Å². The highest BCUT2D eigenvalue weighted by Crippen LogP contribution is 2.30. The number of carbonyl (C=O) groups excluding carboxylic acids is 1. The lowest BCUT2D eigenvalue weighted by molar-refractivity contribution is -0.122. The summed E-state index contributed by atoms with van der Waals surface area (Å²) in [5.41, 5.74) is 7.41. The third-order valence-corrected chi connectivity index (χ3v) is 3.42. The van der Waals surface area contributed by atoms with Crippen LogP contribution in [0.2, 0.25) is 0 Å². The van der Waals surface area contributed by atoms with Crippen LogP contribution in [0.4, 0.5) is 11.4 Å². The first kappa shape index (κ1) is 11.3. The van der Waals surface area contributed by atoms with E-state index in [9.17, 15) is 4.79 Å². The third kappa shape index (κ3) is 2.00. The monoisotopic (exact) mass is 283 g/mol. The largest absolute Gasteiger partial charge is 0.399 e. The van der Waals surface area contributed by atoms with Gasteiger partial charge in [0.05, 0.1) is 5.69 Å². The van der Waals surface area contributed by atoms with Crippen molar-refractivity contribution in [1.82, 2.24) is 5.32 Å². The second-order valence-corrected chi connectivity index (χ2v) is 4.73. The minimum absolute atomic E-state index is 0.0648. The molecule has 1 aromatic carbocycles. The zero-order valence-corrected chi connectivity index (χ0v) is 10.6. The summed E-state index contributed by atoms with van der Waals surface area (Å²) in [6, 6.07) is 5.50. The molecule has 0 aromatic heterocycles. The number of benzene rings is 1. The molecule has 1 heterocycles. The molecule has 1 aliphatic rings. The van der Waals surface area contributed by atoms with Gasteiger partial charge in [0, 0.05) is 23.2 Å². The molecule has 16 heavy (non-hydrogen) atoms. The van der Waals surface area contributed by atoms with E-state index < -0.39 is 0 Å². The molecule has 1 saturated heterocycles. The summed E-state index contributed by atoms with van der Waals surface area (Å²) >= 11 is 3.48. The second kappa shape index (κ2) is 4.33. The van der Waals surface area contributed by atoms with Crippen LogP contribution >= 0.6 is 15.9 Å². The molecule has 0 radical (unpaired) electrons. The third-order valence-electron chi connectivity index (χ3n) is 2.78. The highest BCUT2D eigenvalue weighted by atomic mass is 79.9. The highest BCUT2D eigenvalue weighted by molar-refractivity contribution is 9.10. The predicted octanol–water partition coefficient (Wildman–Crippen LogP) is 1.36. The van der Waals surface area contributed by atoms with Crippen LogP contribution in [0.5, 0.6) is 0 Å². The molecule has 1 aliphatic heterocycles. The number of hydrogen-bond acceptors (Lipinski definition) is 3. The molecule has 1 amide bonds. The fourth-order valence-electron chi connectivity index (χ4n) is 1.87. The van der Waals surface area contributed by atoms with Gasteiger partial charge in [-0.2, -0.15) is 0 Å². The van der Waals surface area contributed by atoms with E-state index >= 15 is 0 Å². The Kier molecular flexibility index (Phi) is 3.05. The molecule has 3 N–H and O–H groups in total. The lowest BCUT2D eigenvalue weighted by atomic mass is 10.1. The Labute approximate surface area is 103 Å². The summed E-state index contributed by atoms with van der Waals surface area (Å²) in [7, 11) is 0. The molecule has 4 nitrogen and oxygen atoms in total. The Morgan fingerprint density at radius 3 is 3.00 bits per heavy atom. The van der Waals surface area contributed by atoms with Gasteiger partial charge in [0.25, 0.3) is 0 Å². The quantitative estimate of drug-likeness (QED) is 0.765. The first-order valence-corrected chi connectivity index (χ1v) is 5.98. The molecule has 5 heteroatoms. The fourth-order valence-corrected chi connectivity index (χ4v) is 2.49. The Morgan fingerprint density at radius 1 is 1.56 bits per heavy atom. The van der Waals surface area contributed by atoms with Gasteiger partial charge in [0.1, 0.15) is 6.04 Å². The van der Waals surface area contributed by atoms with Gasteiger partial charge in [0.2, 0.25) is 5.91 Å². The summed E-state index contributed by atoms with van der Waals surface area (Å²) in [4.78, 5) is 13.6. The normalized spacial score (nSPS) is 20.8. The zero-order valence-electron chi connectivity index (χ0n) is 9.03. The highest BCUT2D eigenvalue weighted by Gasteiger charge is 2.26. The Morgan fingerprint density at radius 2 is 2.31 bits per heavy atom. The van der Waals surface area contributed by atoms with Gasteiger partial charge in [-0.15, -0.1) is 0 Å². The molecule has 0 aliphatic carbocycles. The van der Waals surface area contributed by atoms with Crippen molar-refractivity contribution in [3.63, 3.8) is 0 Å². The molecular weight excluding hydrogens is 270 g/mol. The van der Waals surface area contributed by atoms with Crippen molar-refractivity contribution >= 4 is 33.2 Å². The number of carbonyl (C=O) groups is 1. The summed E-state index contributed by atoms with van der Waals surface area (Å²) in [5.74, 6) is 0.0648. The summed E-state index contributed by atoms with van der Waals surface area (Å²) in [6.45, 7) is 3.40. The van der Waals surface area contributed by atoms with E-state index in [1.54, 1.807) is 0 Å². The number of nitrogens with one attached hydrogen (secondary N) is 1. The average molecular weight is 284 g/mol. The molecule has 1 atom stereocenters. The number of nitrogen functional groups attached to an aromatic ring is 1. The number of nitrogens with zero attached hydrogens (tertiary/aromatic N) is 1. The van der Waals surface area contributed by atoms with E-state index in [2.05, 4.69) is 26.1 Å². The molecule has 1 aromatic rings. The van der Waals surface area contributed by atoms with Crippen LogP contribution in [-0.4, -0.2) is 25.0 Å². The molecular formula is C11H14BrN3O. The van der Waals surface area contributed by atoms with Crippen LogP contribution in [-0.2, 0) is 4.79 Å². The van der Waals surface area contributed by atoms with Crippen molar-refractivity contribution in [2.24, 2.45) is 0 Å². The van der Waals surface area contributed by atoms with Crippen LogP contribution in [0.1, 0.15) is 6.92 Å². The van der Waals surface area contributed by atoms with E-state index in [1.807, 2.05) is 25.1 Å². The summed E-state index contributed by atoms with van der Waals surface area (Å²) < 4.78 is 0.925. The van der Waals surface area contributed by atoms with E-state index in [-0.39, 0.29) is 11.9 Å². The van der Waals surface area contributed by atoms with Crippen molar-refractivity contribution in [2.75, 3.05) is 23.7 Å². The van der Waals surface area contributed by atoms with Gasteiger partial charge < -0.3 is 16.0 Å². The number of rotatable bonds is 1. The first-order chi connectivity index (χ1) is 7.59. The van der Waals surface area contributed by atoms with Gasteiger partial charge in [-0.05, 0) is 41.1 Å². The average Bonchev–Trinajstić information content (AvgIpc) is 2.23. The molecule has 1 unspecified atom stereocenters. The lowest BCUT2D eigenvalue weighted by Crippen LogP contribution is -2.54. The predicted molar refractivity (Wildman–Crippen MR) is 68.4 cm³/mol. The first-order valence-electron chi connectivity index (χ1n) is 5.19. The van der Waals surface area contributed by atoms with Crippen LogP contribution in [0.15, 0.2) is 22.7 Å². The van der Waals surface area contributed by atoms with Gasteiger partial charge in [-0.1, -0.05) is 0 Å². The van der Waals surface area contributed by atoms with E-state index in [4.69, 9.17) is 5.73 Å². The lowest BCUT2D eigenvalue weighted by Gasteiger charge is -2.35. The number of amides is 1.